The highest BCUT2D eigenvalue weighted by Crippen LogP contribution is 2.16. The number of hydrogen-bond acceptors (Lipinski definition) is 4. The van der Waals surface area contributed by atoms with E-state index in [1.54, 1.807) is 7.11 Å². The molecule has 5 heteroatoms. The van der Waals surface area contributed by atoms with E-state index < -0.39 is 5.97 Å². The van der Waals surface area contributed by atoms with Gasteiger partial charge in [0.25, 0.3) is 0 Å². The lowest BCUT2D eigenvalue weighted by molar-refractivity contribution is -0.136. The molecule has 0 fully saturated rings. The van der Waals surface area contributed by atoms with Crippen LogP contribution in [0.5, 0.6) is 11.5 Å². The smallest absolute Gasteiger partial charge is 0.304 e. The molecule has 17 heavy (non-hydrogen) atoms. The molecule has 0 bridgehead atoms. The molecule has 0 atom stereocenters. The van der Waals surface area contributed by atoms with Gasteiger partial charge in [0.05, 0.1) is 13.5 Å². The lowest BCUT2D eigenvalue weighted by atomic mass is 10.3. The zero-order valence-electron chi connectivity index (χ0n) is 9.81. The first kappa shape index (κ1) is 13.3. The van der Waals surface area contributed by atoms with Crippen molar-refractivity contribution in [2.45, 2.75) is 6.42 Å². The molecule has 0 saturated heterocycles. The van der Waals surface area contributed by atoms with Crippen LogP contribution in [0.1, 0.15) is 6.42 Å². The Morgan fingerprint density at radius 2 is 1.88 bits per heavy atom. The summed E-state index contributed by atoms with van der Waals surface area (Å²) in [5.41, 5.74) is 0. The van der Waals surface area contributed by atoms with E-state index in [2.05, 4.69) is 5.32 Å². The summed E-state index contributed by atoms with van der Waals surface area (Å²) in [7, 11) is 1.61. The fourth-order valence-electron chi connectivity index (χ4n) is 1.23. The van der Waals surface area contributed by atoms with Gasteiger partial charge in [0, 0.05) is 13.1 Å². The molecular formula is C12H17NO4. The van der Waals surface area contributed by atoms with E-state index in [0.29, 0.717) is 19.7 Å². The highest BCUT2D eigenvalue weighted by molar-refractivity contribution is 5.66. The summed E-state index contributed by atoms with van der Waals surface area (Å²) in [5, 5.41) is 11.4. The van der Waals surface area contributed by atoms with E-state index in [4.69, 9.17) is 14.6 Å². The van der Waals surface area contributed by atoms with Crippen LogP contribution in [0.3, 0.4) is 0 Å². The number of methoxy groups -OCH3 is 1. The van der Waals surface area contributed by atoms with Crippen LogP contribution in [-0.4, -0.2) is 37.9 Å². The number of rotatable bonds is 8. The molecule has 0 saturated carbocycles. The van der Waals surface area contributed by atoms with Gasteiger partial charge in [0.1, 0.15) is 18.1 Å². The zero-order chi connectivity index (χ0) is 12.5. The fraction of sp³-hybridized carbons (Fsp3) is 0.417. The molecule has 0 spiro atoms. The summed E-state index contributed by atoms with van der Waals surface area (Å²) in [6.07, 6.45) is 0.128. The number of nitrogens with one attached hydrogen (secondary N) is 1. The van der Waals surface area contributed by atoms with E-state index in [-0.39, 0.29) is 6.42 Å². The van der Waals surface area contributed by atoms with Gasteiger partial charge in [-0.05, 0) is 24.3 Å². The first-order chi connectivity index (χ1) is 8.22. The van der Waals surface area contributed by atoms with Gasteiger partial charge < -0.3 is 19.9 Å². The van der Waals surface area contributed by atoms with Gasteiger partial charge >= 0.3 is 5.97 Å². The third kappa shape index (κ3) is 5.77. The molecule has 2 N–H and O–H groups in total. The fourth-order valence-corrected chi connectivity index (χ4v) is 1.23. The molecule has 1 rings (SSSR count). The third-order valence-electron chi connectivity index (χ3n) is 2.12. The Hall–Kier alpha value is -1.75. The number of hydrogen-bond donors (Lipinski definition) is 2. The van der Waals surface area contributed by atoms with Crippen LogP contribution < -0.4 is 14.8 Å². The maximum absolute atomic E-state index is 10.2. The number of carbonyl (C=O) groups is 1. The van der Waals surface area contributed by atoms with Crippen molar-refractivity contribution in [3.63, 3.8) is 0 Å². The minimum atomic E-state index is -0.798. The molecule has 0 heterocycles. The van der Waals surface area contributed by atoms with E-state index in [1.807, 2.05) is 24.3 Å². The van der Waals surface area contributed by atoms with E-state index in [0.717, 1.165) is 11.5 Å². The average molecular weight is 239 g/mol. The number of benzene rings is 1. The van der Waals surface area contributed by atoms with E-state index in [1.165, 1.54) is 0 Å². The minimum Gasteiger partial charge on any atom is -0.497 e. The van der Waals surface area contributed by atoms with Gasteiger partial charge in [0.2, 0.25) is 0 Å². The van der Waals surface area contributed by atoms with Crippen molar-refractivity contribution in [3.05, 3.63) is 24.3 Å². The molecule has 0 aromatic heterocycles. The Labute approximate surface area is 100 Å². The summed E-state index contributed by atoms with van der Waals surface area (Å²) in [6.45, 7) is 1.59. The minimum absolute atomic E-state index is 0.128. The molecule has 0 aliphatic rings. The van der Waals surface area contributed by atoms with Gasteiger partial charge in [-0.1, -0.05) is 0 Å². The van der Waals surface area contributed by atoms with Crippen molar-refractivity contribution >= 4 is 5.97 Å². The maximum Gasteiger partial charge on any atom is 0.304 e. The number of ether oxygens (including phenoxy) is 2. The molecule has 0 amide bonds. The first-order valence-corrected chi connectivity index (χ1v) is 5.41. The molecule has 94 valence electrons. The quantitative estimate of drug-likeness (QED) is 0.666. The topological polar surface area (TPSA) is 67.8 Å². The Morgan fingerprint density at radius 3 is 2.47 bits per heavy atom. The molecule has 5 nitrogen and oxygen atoms in total. The molecule has 1 aromatic rings. The van der Waals surface area contributed by atoms with Crippen molar-refractivity contribution in [1.29, 1.82) is 0 Å². The standard InChI is InChI=1S/C12H17NO4/c1-16-10-2-4-11(5-3-10)17-9-8-13-7-6-12(14)15/h2-5,13H,6-9H2,1H3,(H,14,15). The predicted molar refractivity (Wildman–Crippen MR) is 63.6 cm³/mol. The maximum atomic E-state index is 10.2. The average Bonchev–Trinajstić information content (AvgIpc) is 2.34. The molecule has 0 aliphatic heterocycles. The molecule has 0 aliphatic carbocycles. The van der Waals surface area contributed by atoms with Gasteiger partial charge in [0.15, 0.2) is 0 Å². The molecule has 1 aromatic carbocycles. The summed E-state index contributed by atoms with van der Waals surface area (Å²) >= 11 is 0. The van der Waals surface area contributed by atoms with Crippen molar-refractivity contribution in [1.82, 2.24) is 5.32 Å². The molecule has 0 radical (unpaired) electrons. The lowest BCUT2D eigenvalue weighted by Gasteiger charge is -2.07. The van der Waals surface area contributed by atoms with Crippen LogP contribution in [0.4, 0.5) is 0 Å². The van der Waals surface area contributed by atoms with Crippen molar-refractivity contribution in [3.8, 4) is 11.5 Å². The summed E-state index contributed by atoms with van der Waals surface area (Å²) in [5.74, 6) is 0.761. The lowest BCUT2D eigenvalue weighted by Crippen LogP contribution is -2.23. The number of carboxylic acids is 1. The predicted octanol–water partition coefficient (Wildman–Crippen LogP) is 1.14. The first-order valence-electron chi connectivity index (χ1n) is 5.41. The highest BCUT2D eigenvalue weighted by Gasteiger charge is 1.97. The zero-order valence-corrected chi connectivity index (χ0v) is 9.81. The Bertz CT molecular complexity index is 337. The summed E-state index contributed by atoms with van der Waals surface area (Å²) in [4.78, 5) is 10.2. The molecular weight excluding hydrogens is 222 g/mol. The van der Waals surface area contributed by atoms with Gasteiger partial charge in [-0.3, -0.25) is 4.79 Å². The van der Waals surface area contributed by atoms with Gasteiger partial charge in [-0.2, -0.15) is 0 Å². The second-order valence-corrected chi connectivity index (χ2v) is 3.42. The van der Waals surface area contributed by atoms with E-state index >= 15 is 0 Å². The van der Waals surface area contributed by atoms with Crippen LogP contribution in [0.25, 0.3) is 0 Å². The Kier molecular flexibility index (Phi) is 5.88. The van der Waals surface area contributed by atoms with Crippen LogP contribution >= 0.6 is 0 Å². The van der Waals surface area contributed by atoms with Gasteiger partial charge in [-0.25, -0.2) is 0 Å². The largest absolute Gasteiger partial charge is 0.497 e. The highest BCUT2D eigenvalue weighted by atomic mass is 16.5. The van der Waals surface area contributed by atoms with Crippen LogP contribution in [-0.2, 0) is 4.79 Å². The third-order valence-corrected chi connectivity index (χ3v) is 2.12. The van der Waals surface area contributed by atoms with E-state index in [9.17, 15) is 4.79 Å². The second-order valence-electron chi connectivity index (χ2n) is 3.42. The Balaban J connectivity index is 2.11. The normalized spacial score (nSPS) is 9.94. The van der Waals surface area contributed by atoms with Crippen molar-refractivity contribution in [2.24, 2.45) is 0 Å². The van der Waals surface area contributed by atoms with Crippen molar-refractivity contribution in [2.75, 3.05) is 26.8 Å². The van der Waals surface area contributed by atoms with Crippen LogP contribution in [0, 0.1) is 0 Å². The van der Waals surface area contributed by atoms with Crippen molar-refractivity contribution < 1.29 is 19.4 Å². The summed E-state index contributed by atoms with van der Waals surface area (Å²) < 4.78 is 10.5. The van der Waals surface area contributed by atoms with Crippen LogP contribution in [0.2, 0.25) is 0 Å². The SMILES string of the molecule is COc1ccc(OCCNCCC(=O)O)cc1. The van der Waals surface area contributed by atoms with Crippen LogP contribution in [0.15, 0.2) is 24.3 Å². The monoisotopic (exact) mass is 239 g/mol. The number of aliphatic carboxylic acids is 1. The second kappa shape index (κ2) is 7.51. The van der Waals surface area contributed by atoms with Gasteiger partial charge in [-0.15, -0.1) is 0 Å². The summed E-state index contributed by atoms with van der Waals surface area (Å²) in [6, 6.07) is 7.31. The Morgan fingerprint density at radius 1 is 1.24 bits per heavy atom. The molecule has 0 unspecified atom stereocenters. The number of carboxylic acid groups (broad SMARTS) is 1.